The first-order chi connectivity index (χ1) is 18.1. The van der Waals surface area contributed by atoms with Crippen LogP contribution in [0.3, 0.4) is 0 Å². The second-order valence-electron chi connectivity index (χ2n) is 9.99. The summed E-state index contributed by atoms with van der Waals surface area (Å²) in [5.41, 5.74) is 10.9. The van der Waals surface area contributed by atoms with Crippen molar-refractivity contribution in [2.75, 3.05) is 20.3 Å². The van der Waals surface area contributed by atoms with E-state index in [-0.39, 0.29) is 59.9 Å². The van der Waals surface area contributed by atoms with Gasteiger partial charge in [-0.3, -0.25) is 28.9 Å². The molecule has 1 aliphatic carbocycles. The number of rotatable bonds is 9. The molecule has 0 spiro atoms. The third-order valence-electron chi connectivity index (χ3n) is 8.01. The van der Waals surface area contributed by atoms with E-state index in [4.69, 9.17) is 20.9 Å². The Hall–Kier alpha value is -3.84. The Morgan fingerprint density at radius 1 is 1.08 bits per heavy atom. The molecule has 13 nitrogen and oxygen atoms in total. The van der Waals surface area contributed by atoms with Crippen molar-refractivity contribution in [2.45, 2.75) is 56.6 Å². The maximum Gasteiger partial charge on any atom is 0.404 e. The molecule has 0 aromatic heterocycles. The number of carbonyl (C=O) groups excluding carboxylic acids is 6. The summed E-state index contributed by atoms with van der Waals surface area (Å²) >= 11 is 0. The predicted molar refractivity (Wildman–Crippen MR) is 128 cm³/mol. The van der Waals surface area contributed by atoms with E-state index < -0.39 is 41.8 Å². The van der Waals surface area contributed by atoms with Crippen LogP contribution in [-0.4, -0.2) is 94.3 Å². The van der Waals surface area contributed by atoms with E-state index in [1.807, 2.05) is 0 Å². The number of unbranched alkanes of at least 4 members (excludes halogenated alkanes) is 2. The van der Waals surface area contributed by atoms with Crippen molar-refractivity contribution in [3.63, 3.8) is 0 Å². The molecular formula is C25H29N5O8. The maximum absolute atomic E-state index is 13.2. The van der Waals surface area contributed by atoms with Gasteiger partial charge in [0.25, 0.3) is 11.8 Å². The van der Waals surface area contributed by atoms with Gasteiger partial charge in [0.15, 0.2) is 11.5 Å². The molecule has 13 heteroatoms. The number of primary amides is 1. The Morgan fingerprint density at radius 2 is 1.76 bits per heavy atom. The highest BCUT2D eigenvalue weighted by atomic mass is 16.6. The molecule has 5 aliphatic rings. The molecule has 0 bridgehead atoms. The number of imide groups is 1. The van der Waals surface area contributed by atoms with E-state index >= 15 is 0 Å². The van der Waals surface area contributed by atoms with E-state index in [2.05, 4.69) is 0 Å². The average Bonchev–Trinajstić information content (AvgIpc) is 3.34. The van der Waals surface area contributed by atoms with Crippen LogP contribution in [0.15, 0.2) is 35.1 Å². The molecule has 0 radical (unpaired) electrons. The first kappa shape index (κ1) is 25.8. The van der Waals surface area contributed by atoms with Gasteiger partial charge in [0, 0.05) is 43.4 Å². The standard InChI is InChI=1S/C25H29N5O8/c1-12-10-14(31)18-13(11-38-24(27)36)25(37-2)22-20(23(26)30(25)19(18)21(12)35)29(22)17(34)6-4-3-5-9-28-15(32)7-8-16(28)33/h7-8,10,13,20,22-23H,3-6,9,11,26H2,1-2H3,(H2,27,36)/t13-,20+,22+,23?,25-,29?/m1/s1. The Kier molecular flexibility index (Phi) is 6.22. The third-order valence-corrected chi connectivity index (χ3v) is 8.01. The number of nitrogens with two attached hydrogens (primary N) is 2. The zero-order valence-corrected chi connectivity index (χ0v) is 21.0. The number of ketones is 2. The Bertz CT molecular complexity index is 1240. The quantitative estimate of drug-likeness (QED) is 0.164. The minimum absolute atomic E-state index is 0.113. The number of Topliss-reactive ketones (excluding diaryl/α,β-unsaturated/α-hetero) is 1. The average molecular weight is 528 g/mol. The molecule has 4 aliphatic heterocycles. The number of hydrogen-bond donors (Lipinski definition) is 2. The zero-order valence-electron chi connectivity index (χ0n) is 21.0. The number of fused-ring (bicyclic) bond motifs is 4. The van der Waals surface area contributed by atoms with Crippen LogP contribution < -0.4 is 11.5 Å². The molecule has 1 unspecified atom stereocenters. The van der Waals surface area contributed by atoms with Gasteiger partial charge >= 0.3 is 6.09 Å². The molecule has 4 N–H and O–H groups in total. The van der Waals surface area contributed by atoms with Gasteiger partial charge in [-0.15, -0.1) is 0 Å². The normalized spacial score (nSPS) is 31.1. The van der Waals surface area contributed by atoms with Crippen LogP contribution in [0.25, 0.3) is 0 Å². The van der Waals surface area contributed by atoms with Crippen LogP contribution >= 0.6 is 0 Å². The summed E-state index contributed by atoms with van der Waals surface area (Å²) in [6.45, 7) is 1.50. The molecule has 2 fully saturated rings. The van der Waals surface area contributed by atoms with Crippen molar-refractivity contribution in [1.29, 1.82) is 0 Å². The number of carbonyl (C=O) groups is 6. The predicted octanol–water partition coefficient (Wildman–Crippen LogP) is -0.928. The molecule has 4 heterocycles. The minimum Gasteiger partial charge on any atom is -0.449 e. The highest BCUT2D eigenvalue weighted by Gasteiger charge is 2.80. The summed E-state index contributed by atoms with van der Waals surface area (Å²) in [4.78, 5) is 78.5. The van der Waals surface area contributed by atoms with Gasteiger partial charge in [-0.2, -0.15) is 0 Å². The van der Waals surface area contributed by atoms with Crippen LogP contribution in [0.5, 0.6) is 0 Å². The molecule has 38 heavy (non-hydrogen) atoms. The number of ether oxygens (including phenoxy) is 2. The van der Waals surface area contributed by atoms with Crippen molar-refractivity contribution in [3.05, 3.63) is 35.1 Å². The van der Waals surface area contributed by atoms with Crippen molar-refractivity contribution >= 4 is 35.4 Å². The monoisotopic (exact) mass is 527 g/mol. The molecular weight excluding hydrogens is 498 g/mol. The lowest BCUT2D eigenvalue weighted by atomic mass is 9.84. The van der Waals surface area contributed by atoms with Gasteiger partial charge in [-0.1, -0.05) is 6.42 Å². The molecule has 0 aromatic carbocycles. The van der Waals surface area contributed by atoms with E-state index in [1.165, 1.54) is 32.3 Å². The van der Waals surface area contributed by atoms with Gasteiger partial charge in [0.05, 0.1) is 17.7 Å². The summed E-state index contributed by atoms with van der Waals surface area (Å²) in [6, 6.07) is -1.04. The number of hydrogen-bond acceptors (Lipinski definition) is 10. The van der Waals surface area contributed by atoms with Crippen molar-refractivity contribution in [2.24, 2.45) is 17.4 Å². The summed E-state index contributed by atoms with van der Waals surface area (Å²) in [5.74, 6) is -2.52. The van der Waals surface area contributed by atoms with Gasteiger partial charge in [0.2, 0.25) is 11.7 Å². The topological polar surface area (TPSA) is 182 Å². The molecule has 2 saturated heterocycles. The van der Waals surface area contributed by atoms with Crippen molar-refractivity contribution in [3.8, 4) is 0 Å². The first-order valence-electron chi connectivity index (χ1n) is 12.4. The Balaban J connectivity index is 1.30. The lowest BCUT2D eigenvalue weighted by molar-refractivity contribution is -0.161. The summed E-state index contributed by atoms with van der Waals surface area (Å²) in [7, 11) is 1.41. The zero-order chi connectivity index (χ0) is 27.5. The lowest BCUT2D eigenvalue weighted by Crippen LogP contribution is -2.60. The number of piperazine rings is 1. The molecule has 4 amide bonds. The minimum atomic E-state index is -1.38. The van der Waals surface area contributed by atoms with Crippen LogP contribution in [-0.2, 0) is 33.4 Å². The van der Waals surface area contributed by atoms with Crippen LogP contribution in [0.2, 0.25) is 0 Å². The van der Waals surface area contributed by atoms with E-state index in [9.17, 15) is 28.8 Å². The van der Waals surface area contributed by atoms with Gasteiger partial charge in [-0.25, -0.2) is 4.79 Å². The fourth-order valence-electron chi connectivity index (χ4n) is 6.37. The fourth-order valence-corrected chi connectivity index (χ4v) is 6.37. The van der Waals surface area contributed by atoms with Crippen molar-refractivity contribution in [1.82, 2.24) is 14.7 Å². The highest BCUT2D eigenvalue weighted by molar-refractivity contribution is 6.23. The number of allylic oxidation sites excluding steroid dienone is 2. The van der Waals surface area contributed by atoms with Gasteiger partial charge in [-0.05, 0) is 25.8 Å². The van der Waals surface area contributed by atoms with E-state index in [0.29, 0.717) is 19.3 Å². The van der Waals surface area contributed by atoms with Crippen LogP contribution in [0.1, 0.15) is 32.6 Å². The fraction of sp³-hybridized carbons (Fsp3) is 0.520. The number of methoxy groups -OCH3 is 1. The second-order valence-corrected chi connectivity index (χ2v) is 9.99. The van der Waals surface area contributed by atoms with Crippen molar-refractivity contribution < 1.29 is 38.2 Å². The van der Waals surface area contributed by atoms with E-state index in [1.54, 1.807) is 9.80 Å². The Labute approximate surface area is 218 Å². The number of nitrogens with zero attached hydrogens (tertiary/aromatic N) is 3. The molecule has 202 valence electrons. The Morgan fingerprint density at radius 3 is 2.39 bits per heavy atom. The SMILES string of the molecule is CO[C@@]12[C@H](COC(N)=O)C3=C(C(=O)C(C)=CC3=O)N1C(N)[C@@H]1[C@@H]2N1C(=O)CCCCCN1C(=O)C=CC1=O. The van der Waals surface area contributed by atoms with E-state index in [0.717, 1.165) is 4.90 Å². The summed E-state index contributed by atoms with van der Waals surface area (Å²) in [5, 5.41) is 0. The van der Waals surface area contributed by atoms with Crippen LogP contribution in [0, 0.1) is 5.92 Å². The van der Waals surface area contributed by atoms with Gasteiger partial charge < -0.3 is 30.7 Å². The smallest absolute Gasteiger partial charge is 0.404 e. The number of amides is 4. The molecule has 0 saturated carbocycles. The third kappa shape index (κ3) is 3.60. The summed E-state index contributed by atoms with van der Waals surface area (Å²) in [6.07, 6.45) is 3.75. The van der Waals surface area contributed by atoms with Crippen LogP contribution in [0.4, 0.5) is 4.79 Å². The van der Waals surface area contributed by atoms with Gasteiger partial charge in [0.1, 0.15) is 18.8 Å². The molecule has 5 rings (SSSR count). The molecule has 5 atom stereocenters. The second kappa shape index (κ2) is 9.17. The molecule has 0 aromatic rings. The highest BCUT2D eigenvalue weighted by Crippen LogP contribution is 2.61. The maximum atomic E-state index is 13.2. The first-order valence-corrected chi connectivity index (χ1v) is 12.4. The lowest BCUT2D eigenvalue weighted by Gasteiger charge is -2.43. The summed E-state index contributed by atoms with van der Waals surface area (Å²) < 4.78 is 11.1. The largest absolute Gasteiger partial charge is 0.449 e.